The number of piperidine rings is 1. The number of nitrogens with one attached hydrogen (secondary N) is 1. The molecule has 25 heavy (non-hydrogen) atoms. The lowest BCUT2D eigenvalue weighted by atomic mass is 9.90. The number of aromatic nitrogens is 3. The molecule has 3 heterocycles. The van der Waals surface area contributed by atoms with Crippen LogP contribution in [0, 0.1) is 19.8 Å². The number of rotatable bonds is 4. The Morgan fingerprint density at radius 1 is 1.32 bits per heavy atom. The summed E-state index contributed by atoms with van der Waals surface area (Å²) in [4.78, 5) is 23.9. The third kappa shape index (κ3) is 3.83. The van der Waals surface area contributed by atoms with Gasteiger partial charge in [-0.3, -0.25) is 4.79 Å². The highest BCUT2D eigenvalue weighted by Gasteiger charge is 2.33. The van der Waals surface area contributed by atoms with E-state index in [-0.39, 0.29) is 11.9 Å². The van der Waals surface area contributed by atoms with Gasteiger partial charge in [0, 0.05) is 37.7 Å². The standard InChI is InChI=1S/C19H27N5O/c1-13-7-5-10-24(18(25)16-8-6-9-23(16)4)17(13)12-20-19-21-14(2)11-15(3)22-19/h6,8-9,11,13,17H,5,7,10,12H2,1-4H3,(H,20,21,22). The SMILES string of the molecule is Cc1cc(C)nc(NCC2C(C)CCCN2C(=O)c2cccn2C)n1. The lowest BCUT2D eigenvalue weighted by Gasteiger charge is -2.40. The molecule has 1 amide bonds. The summed E-state index contributed by atoms with van der Waals surface area (Å²) in [6.45, 7) is 7.62. The molecule has 0 bridgehead atoms. The molecule has 6 heteroatoms. The van der Waals surface area contributed by atoms with E-state index in [0.29, 0.717) is 18.4 Å². The maximum atomic E-state index is 13.0. The number of anilines is 1. The van der Waals surface area contributed by atoms with Gasteiger partial charge < -0.3 is 14.8 Å². The highest BCUT2D eigenvalue weighted by molar-refractivity contribution is 5.93. The second kappa shape index (κ2) is 7.25. The molecule has 0 spiro atoms. The molecule has 1 aliphatic heterocycles. The van der Waals surface area contributed by atoms with E-state index >= 15 is 0 Å². The summed E-state index contributed by atoms with van der Waals surface area (Å²) in [7, 11) is 1.91. The molecular formula is C19H27N5O. The van der Waals surface area contributed by atoms with Crippen LogP contribution in [0.5, 0.6) is 0 Å². The summed E-state index contributed by atoms with van der Waals surface area (Å²) in [5.41, 5.74) is 2.63. The fraction of sp³-hybridized carbons (Fsp3) is 0.526. The van der Waals surface area contributed by atoms with Gasteiger partial charge in [0.1, 0.15) is 5.69 Å². The highest BCUT2D eigenvalue weighted by atomic mass is 16.2. The Labute approximate surface area is 149 Å². The first-order valence-electron chi connectivity index (χ1n) is 8.94. The van der Waals surface area contributed by atoms with Crippen molar-refractivity contribution in [1.82, 2.24) is 19.4 Å². The Balaban J connectivity index is 1.76. The maximum Gasteiger partial charge on any atom is 0.270 e. The first-order chi connectivity index (χ1) is 12.0. The zero-order valence-electron chi connectivity index (χ0n) is 15.5. The van der Waals surface area contributed by atoms with Crippen LogP contribution in [0.2, 0.25) is 0 Å². The first-order valence-corrected chi connectivity index (χ1v) is 8.94. The fourth-order valence-corrected chi connectivity index (χ4v) is 3.64. The van der Waals surface area contributed by atoms with E-state index in [2.05, 4.69) is 22.2 Å². The Bertz CT molecular complexity index is 734. The normalized spacial score (nSPS) is 20.6. The monoisotopic (exact) mass is 341 g/mol. The molecule has 0 saturated carbocycles. The van der Waals surface area contributed by atoms with E-state index in [1.807, 2.05) is 54.8 Å². The predicted molar refractivity (Wildman–Crippen MR) is 98.6 cm³/mol. The quantitative estimate of drug-likeness (QED) is 0.929. The van der Waals surface area contributed by atoms with Gasteiger partial charge in [-0.25, -0.2) is 9.97 Å². The average Bonchev–Trinajstić information content (AvgIpc) is 2.98. The van der Waals surface area contributed by atoms with Crippen molar-refractivity contribution < 1.29 is 4.79 Å². The molecule has 0 aromatic carbocycles. The first kappa shape index (κ1) is 17.5. The number of nitrogens with zero attached hydrogens (tertiary/aromatic N) is 4. The maximum absolute atomic E-state index is 13.0. The summed E-state index contributed by atoms with van der Waals surface area (Å²) in [5.74, 6) is 1.19. The van der Waals surface area contributed by atoms with Gasteiger partial charge in [0.05, 0.1) is 6.04 Å². The summed E-state index contributed by atoms with van der Waals surface area (Å²) in [6, 6.07) is 5.90. The minimum atomic E-state index is 0.104. The largest absolute Gasteiger partial charge is 0.352 e. The zero-order chi connectivity index (χ0) is 18.0. The number of amides is 1. The van der Waals surface area contributed by atoms with Gasteiger partial charge in [-0.1, -0.05) is 6.92 Å². The molecule has 1 N–H and O–H groups in total. The van der Waals surface area contributed by atoms with Gasteiger partial charge in [0.2, 0.25) is 5.95 Å². The van der Waals surface area contributed by atoms with Crippen LogP contribution in [0.3, 0.4) is 0 Å². The van der Waals surface area contributed by atoms with Crippen molar-refractivity contribution in [2.24, 2.45) is 13.0 Å². The Morgan fingerprint density at radius 3 is 2.68 bits per heavy atom. The number of aryl methyl sites for hydroxylation is 3. The van der Waals surface area contributed by atoms with E-state index < -0.39 is 0 Å². The van der Waals surface area contributed by atoms with Gasteiger partial charge >= 0.3 is 0 Å². The smallest absolute Gasteiger partial charge is 0.270 e. The number of hydrogen-bond donors (Lipinski definition) is 1. The Hall–Kier alpha value is -2.37. The Morgan fingerprint density at radius 2 is 2.04 bits per heavy atom. The van der Waals surface area contributed by atoms with Gasteiger partial charge in [0.25, 0.3) is 5.91 Å². The van der Waals surface area contributed by atoms with E-state index in [1.54, 1.807) is 0 Å². The number of hydrogen-bond acceptors (Lipinski definition) is 4. The van der Waals surface area contributed by atoms with Crippen molar-refractivity contribution >= 4 is 11.9 Å². The van der Waals surface area contributed by atoms with Crippen LogP contribution in [0.15, 0.2) is 24.4 Å². The molecule has 0 aliphatic carbocycles. The van der Waals surface area contributed by atoms with Crippen LogP contribution in [-0.4, -0.2) is 44.5 Å². The zero-order valence-corrected chi connectivity index (χ0v) is 15.5. The molecular weight excluding hydrogens is 314 g/mol. The van der Waals surface area contributed by atoms with Crippen LogP contribution in [-0.2, 0) is 7.05 Å². The number of likely N-dealkylation sites (tertiary alicyclic amines) is 1. The summed E-state index contributed by atoms with van der Waals surface area (Å²) >= 11 is 0. The Kier molecular flexibility index (Phi) is 5.06. The summed E-state index contributed by atoms with van der Waals surface area (Å²) in [5, 5.41) is 3.35. The molecule has 2 aromatic rings. The lowest BCUT2D eigenvalue weighted by Crippen LogP contribution is -2.51. The number of carbonyl (C=O) groups excluding carboxylic acids is 1. The minimum Gasteiger partial charge on any atom is -0.352 e. The third-order valence-electron chi connectivity index (χ3n) is 4.99. The van der Waals surface area contributed by atoms with Crippen LogP contribution < -0.4 is 5.32 Å². The van der Waals surface area contributed by atoms with Crippen LogP contribution in [0.4, 0.5) is 5.95 Å². The average molecular weight is 341 g/mol. The van der Waals surface area contributed by atoms with Gasteiger partial charge in [-0.2, -0.15) is 0 Å². The molecule has 134 valence electrons. The van der Waals surface area contributed by atoms with Crippen molar-refractivity contribution in [3.8, 4) is 0 Å². The fourth-order valence-electron chi connectivity index (χ4n) is 3.64. The van der Waals surface area contributed by atoms with Crippen LogP contribution in [0.25, 0.3) is 0 Å². The summed E-state index contributed by atoms with van der Waals surface area (Å²) in [6.07, 6.45) is 4.10. The van der Waals surface area contributed by atoms with Gasteiger partial charge in [-0.15, -0.1) is 0 Å². The van der Waals surface area contributed by atoms with Crippen molar-refractivity contribution in [3.63, 3.8) is 0 Å². The van der Waals surface area contributed by atoms with Crippen LogP contribution in [0.1, 0.15) is 41.6 Å². The molecule has 0 radical (unpaired) electrons. The molecule has 6 nitrogen and oxygen atoms in total. The highest BCUT2D eigenvalue weighted by Crippen LogP contribution is 2.25. The number of carbonyl (C=O) groups is 1. The van der Waals surface area contributed by atoms with Crippen molar-refractivity contribution in [3.05, 3.63) is 41.5 Å². The van der Waals surface area contributed by atoms with Gasteiger partial charge in [0.15, 0.2) is 0 Å². The molecule has 2 unspecified atom stereocenters. The third-order valence-corrected chi connectivity index (χ3v) is 4.99. The molecule has 3 rings (SSSR count). The minimum absolute atomic E-state index is 0.104. The van der Waals surface area contributed by atoms with E-state index in [4.69, 9.17) is 0 Å². The van der Waals surface area contributed by atoms with Crippen molar-refractivity contribution in [2.75, 3.05) is 18.4 Å². The lowest BCUT2D eigenvalue weighted by molar-refractivity contribution is 0.0530. The molecule has 1 saturated heterocycles. The van der Waals surface area contributed by atoms with Crippen LogP contribution >= 0.6 is 0 Å². The molecule has 1 aliphatic rings. The van der Waals surface area contributed by atoms with Crippen molar-refractivity contribution in [1.29, 1.82) is 0 Å². The van der Waals surface area contributed by atoms with E-state index in [9.17, 15) is 4.79 Å². The molecule has 2 atom stereocenters. The van der Waals surface area contributed by atoms with Crippen molar-refractivity contribution in [2.45, 2.75) is 39.7 Å². The van der Waals surface area contributed by atoms with Gasteiger partial charge in [-0.05, 0) is 50.8 Å². The summed E-state index contributed by atoms with van der Waals surface area (Å²) < 4.78 is 1.89. The second-order valence-electron chi connectivity index (χ2n) is 7.04. The van der Waals surface area contributed by atoms with E-state index in [1.165, 1.54) is 0 Å². The van der Waals surface area contributed by atoms with E-state index in [0.717, 1.165) is 36.5 Å². The predicted octanol–water partition coefficient (Wildman–Crippen LogP) is 2.78. The molecule has 1 fully saturated rings. The second-order valence-corrected chi connectivity index (χ2v) is 7.04. The molecule has 2 aromatic heterocycles. The topological polar surface area (TPSA) is 63.1 Å².